The number of hydrogen-bond donors (Lipinski definition) is 2. The van der Waals surface area contributed by atoms with Crippen LogP contribution in [0.4, 0.5) is 11.4 Å². The summed E-state index contributed by atoms with van der Waals surface area (Å²) in [6.07, 6.45) is 0.626. The Morgan fingerprint density at radius 2 is 1.87 bits per heavy atom. The van der Waals surface area contributed by atoms with Crippen molar-refractivity contribution in [3.05, 3.63) is 64.1 Å². The lowest BCUT2D eigenvalue weighted by Gasteiger charge is -2.14. The van der Waals surface area contributed by atoms with Gasteiger partial charge in [-0.1, -0.05) is 42.8 Å². The van der Waals surface area contributed by atoms with Gasteiger partial charge in [0.2, 0.25) is 15.9 Å². The number of nitrogens with zero attached hydrogens (tertiary/aromatic N) is 1. The molecule has 1 heterocycles. The first kappa shape index (κ1) is 22.3. The van der Waals surface area contributed by atoms with E-state index >= 15 is 0 Å². The van der Waals surface area contributed by atoms with Crippen molar-refractivity contribution in [2.24, 2.45) is 0 Å². The van der Waals surface area contributed by atoms with Crippen molar-refractivity contribution in [3.63, 3.8) is 0 Å². The van der Waals surface area contributed by atoms with Gasteiger partial charge in [0.1, 0.15) is 5.01 Å². The zero-order valence-electron chi connectivity index (χ0n) is 16.6. The van der Waals surface area contributed by atoms with Crippen LogP contribution in [0.5, 0.6) is 0 Å². The number of carbonyl (C=O) groups is 1. The van der Waals surface area contributed by atoms with E-state index < -0.39 is 10.0 Å². The van der Waals surface area contributed by atoms with Crippen molar-refractivity contribution in [2.75, 3.05) is 15.8 Å². The summed E-state index contributed by atoms with van der Waals surface area (Å²) < 4.78 is 26.7. The van der Waals surface area contributed by atoms with E-state index in [9.17, 15) is 13.2 Å². The van der Waals surface area contributed by atoms with Gasteiger partial charge in [0.15, 0.2) is 0 Å². The summed E-state index contributed by atoms with van der Waals surface area (Å²) in [6.45, 7) is 3.57. The lowest BCUT2D eigenvalue weighted by molar-refractivity contribution is -0.115. The van der Waals surface area contributed by atoms with Crippen LogP contribution in [0.2, 0.25) is 5.02 Å². The minimum absolute atomic E-state index is 0.0423. The second kappa shape index (κ2) is 9.59. The van der Waals surface area contributed by atoms with E-state index in [-0.39, 0.29) is 18.1 Å². The van der Waals surface area contributed by atoms with Gasteiger partial charge >= 0.3 is 0 Å². The molecule has 1 aromatic heterocycles. The third kappa shape index (κ3) is 5.59. The van der Waals surface area contributed by atoms with Crippen LogP contribution in [-0.4, -0.2) is 25.1 Å². The molecule has 2 aromatic carbocycles. The molecule has 0 unspecified atom stereocenters. The van der Waals surface area contributed by atoms with Gasteiger partial charge in [0, 0.05) is 16.6 Å². The third-order valence-corrected chi connectivity index (χ3v) is 7.07. The molecule has 0 aliphatic rings. The SMILES string of the molecule is CCCS(=O)(=O)Nc1cccc(NC(=O)Cc2csc(-c3ccccc3Cl)n2)c1C. The molecule has 1 amide bonds. The Bertz CT molecular complexity index is 1160. The highest BCUT2D eigenvalue weighted by molar-refractivity contribution is 7.92. The van der Waals surface area contributed by atoms with Crippen molar-refractivity contribution in [1.29, 1.82) is 0 Å². The Morgan fingerprint density at radius 3 is 2.60 bits per heavy atom. The summed E-state index contributed by atoms with van der Waals surface area (Å²) in [5, 5.41) is 6.04. The molecular weight excluding hydrogens is 442 g/mol. The molecule has 3 aromatic rings. The van der Waals surface area contributed by atoms with Crippen LogP contribution >= 0.6 is 22.9 Å². The maximum atomic E-state index is 12.5. The molecule has 0 aliphatic carbocycles. The second-order valence-electron chi connectivity index (χ2n) is 6.75. The predicted octanol–water partition coefficient (Wildman–Crippen LogP) is 5.10. The zero-order valence-corrected chi connectivity index (χ0v) is 19.0. The molecule has 6 nitrogen and oxygen atoms in total. The molecule has 0 bridgehead atoms. The minimum Gasteiger partial charge on any atom is -0.325 e. The fourth-order valence-electron chi connectivity index (χ4n) is 2.87. The predicted molar refractivity (Wildman–Crippen MR) is 124 cm³/mol. The minimum atomic E-state index is -3.41. The molecular formula is C21H22ClN3O3S2. The first-order valence-corrected chi connectivity index (χ1v) is 12.3. The summed E-state index contributed by atoms with van der Waals surface area (Å²) in [7, 11) is -3.41. The first-order valence-electron chi connectivity index (χ1n) is 9.38. The number of carbonyl (C=O) groups excluding carboxylic acids is 1. The number of thiazole rings is 1. The molecule has 0 atom stereocenters. The summed E-state index contributed by atoms with van der Waals surface area (Å²) in [5.41, 5.74) is 3.14. The van der Waals surface area contributed by atoms with E-state index in [2.05, 4.69) is 15.0 Å². The smallest absolute Gasteiger partial charge is 0.232 e. The molecule has 3 rings (SSSR count). The lowest BCUT2D eigenvalue weighted by atomic mass is 10.1. The van der Waals surface area contributed by atoms with Gasteiger partial charge in [-0.25, -0.2) is 13.4 Å². The van der Waals surface area contributed by atoms with Crippen molar-refractivity contribution in [2.45, 2.75) is 26.7 Å². The number of halogens is 1. The van der Waals surface area contributed by atoms with Crippen LogP contribution in [0, 0.1) is 6.92 Å². The van der Waals surface area contributed by atoms with Gasteiger partial charge in [-0.05, 0) is 37.1 Å². The molecule has 2 N–H and O–H groups in total. The fraction of sp³-hybridized carbons (Fsp3) is 0.238. The topological polar surface area (TPSA) is 88.2 Å². The number of nitrogens with one attached hydrogen (secondary N) is 2. The van der Waals surface area contributed by atoms with E-state index in [1.54, 1.807) is 38.1 Å². The van der Waals surface area contributed by atoms with Crippen LogP contribution in [-0.2, 0) is 21.2 Å². The monoisotopic (exact) mass is 463 g/mol. The largest absolute Gasteiger partial charge is 0.325 e. The Hall–Kier alpha value is -2.42. The number of sulfonamides is 1. The summed E-state index contributed by atoms with van der Waals surface area (Å²) in [6, 6.07) is 12.5. The molecule has 0 saturated carbocycles. The highest BCUT2D eigenvalue weighted by atomic mass is 35.5. The maximum Gasteiger partial charge on any atom is 0.232 e. The van der Waals surface area contributed by atoms with Crippen molar-refractivity contribution in [3.8, 4) is 10.6 Å². The van der Waals surface area contributed by atoms with Gasteiger partial charge in [0.25, 0.3) is 0 Å². The molecule has 9 heteroatoms. The summed E-state index contributed by atoms with van der Waals surface area (Å²) in [4.78, 5) is 17.0. The Kier molecular flexibility index (Phi) is 7.12. The van der Waals surface area contributed by atoms with Gasteiger partial charge < -0.3 is 5.32 Å². The molecule has 0 spiro atoms. The lowest BCUT2D eigenvalue weighted by Crippen LogP contribution is -2.18. The van der Waals surface area contributed by atoms with Crippen LogP contribution in [0.25, 0.3) is 10.6 Å². The van der Waals surface area contributed by atoms with Gasteiger partial charge in [-0.15, -0.1) is 11.3 Å². The number of aromatic nitrogens is 1. The number of benzene rings is 2. The summed E-state index contributed by atoms with van der Waals surface area (Å²) in [5.74, 6) is -0.191. The maximum absolute atomic E-state index is 12.5. The van der Waals surface area contributed by atoms with Crippen molar-refractivity contribution < 1.29 is 13.2 Å². The van der Waals surface area contributed by atoms with Crippen LogP contribution < -0.4 is 10.0 Å². The van der Waals surface area contributed by atoms with Gasteiger partial charge in [0.05, 0.1) is 28.6 Å². The number of rotatable bonds is 8. The van der Waals surface area contributed by atoms with Gasteiger partial charge in [-0.2, -0.15) is 0 Å². The molecule has 0 radical (unpaired) electrons. The molecule has 0 fully saturated rings. The average Bonchev–Trinajstić information content (AvgIpc) is 3.13. The number of anilines is 2. The Labute approximate surface area is 185 Å². The van der Waals surface area contributed by atoms with E-state index in [4.69, 9.17) is 11.6 Å². The molecule has 30 heavy (non-hydrogen) atoms. The molecule has 158 valence electrons. The highest BCUT2D eigenvalue weighted by Gasteiger charge is 2.15. The van der Waals surface area contributed by atoms with Crippen LogP contribution in [0.1, 0.15) is 24.6 Å². The normalized spacial score (nSPS) is 11.3. The highest BCUT2D eigenvalue weighted by Crippen LogP contribution is 2.30. The Balaban J connectivity index is 1.70. The van der Waals surface area contributed by atoms with Crippen molar-refractivity contribution >= 4 is 50.2 Å². The van der Waals surface area contributed by atoms with E-state index in [0.717, 1.165) is 10.6 Å². The standard InChI is InChI=1S/C21H22ClN3O3S2/c1-3-11-30(27,28)25-19-10-6-9-18(14(19)2)24-20(26)12-15-13-29-21(23-15)16-7-4-5-8-17(16)22/h4-10,13,25H,3,11-12H2,1-2H3,(H,24,26). The molecule has 0 aliphatic heterocycles. The van der Waals surface area contributed by atoms with Crippen LogP contribution in [0.15, 0.2) is 47.8 Å². The molecule has 0 saturated heterocycles. The second-order valence-corrected chi connectivity index (χ2v) is 9.86. The van der Waals surface area contributed by atoms with E-state index in [1.165, 1.54) is 11.3 Å². The summed E-state index contributed by atoms with van der Waals surface area (Å²) >= 11 is 7.65. The number of amides is 1. The van der Waals surface area contributed by atoms with Crippen molar-refractivity contribution in [1.82, 2.24) is 4.98 Å². The average molecular weight is 464 g/mol. The first-order chi connectivity index (χ1) is 14.3. The number of hydrogen-bond acceptors (Lipinski definition) is 5. The van der Waals surface area contributed by atoms with E-state index in [1.807, 2.05) is 23.6 Å². The quantitative estimate of drug-likeness (QED) is 0.486. The van der Waals surface area contributed by atoms with Gasteiger partial charge in [-0.3, -0.25) is 9.52 Å². The zero-order chi connectivity index (χ0) is 21.7. The van der Waals surface area contributed by atoms with E-state index in [0.29, 0.717) is 34.1 Å². The fourth-order valence-corrected chi connectivity index (χ4v) is 5.21. The Morgan fingerprint density at radius 1 is 1.13 bits per heavy atom. The third-order valence-electron chi connectivity index (χ3n) is 4.34. The van der Waals surface area contributed by atoms with Crippen LogP contribution in [0.3, 0.4) is 0 Å².